The summed E-state index contributed by atoms with van der Waals surface area (Å²) in [6.07, 6.45) is 0. The largest absolute Gasteiger partial charge is 0.342 e. The molecule has 31 heavy (non-hydrogen) atoms. The highest BCUT2D eigenvalue weighted by molar-refractivity contribution is 7.99. The SMILES string of the molecule is CC(C)c1ccccc1NC(=O)CSc1nnc([C@@H](C)NC(=O)c2ccccc2)n1C. The van der Waals surface area contributed by atoms with Crippen molar-refractivity contribution < 1.29 is 9.59 Å². The van der Waals surface area contributed by atoms with Crippen molar-refractivity contribution in [1.82, 2.24) is 20.1 Å². The third-order valence-corrected chi connectivity index (χ3v) is 5.85. The van der Waals surface area contributed by atoms with E-state index in [0.29, 0.717) is 22.5 Å². The van der Waals surface area contributed by atoms with E-state index >= 15 is 0 Å². The average molecular weight is 438 g/mol. The molecule has 0 fully saturated rings. The minimum Gasteiger partial charge on any atom is -0.342 e. The van der Waals surface area contributed by atoms with Crippen LogP contribution in [0.5, 0.6) is 0 Å². The summed E-state index contributed by atoms with van der Waals surface area (Å²) in [6.45, 7) is 6.05. The average Bonchev–Trinajstić information content (AvgIpc) is 3.13. The standard InChI is InChI=1S/C23H27N5O2S/c1-15(2)18-12-8-9-13-19(18)25-20(29)14-31-23-27-26-21(28(23)4)16(3)24-22(30)17-10-6-5-7-11-17/h5-13,15-16H,14H2,1-4H3,(H,24,30)(H,25,29)/t16-/m1/s1. The zero-order chi connectivity index (χ0) is 22.4. The Morgan fingerprint density at radius 3 is 2.39 bits per heavy atom. The Hall–Kier alpha value is -3.13. The molecular formula is C23H27N5O2S. The van der Waals surface area contributed by atoms with Gasteiger partial charge in [0.1, 0.15) is 0 Å². The molecule has 0 aliphatic rings. The molecule has 3 aromatic rings. The van der Waals surface area contributed by atoms with E-state index in [9.17, 15) is 9.59 Å². The van der Waals surface area contributed by atoms with Gasteiger partial charge in [0.25, 0.3) is 5.91 Å². The number of amides is 2. The molecule has 2 N–H and O–H groups in total. The highest BCUT2D eigenvalue weighted by Crippen LogP contribution is 2.24. The number of thioether (sulfide) groups is 1. The van der Waals surface area contributed by atoms with Gasteiger partial charge in [-0.25, -0.2) is 0 Å². The molecule has 8 heteroatoms. The van der Waals surface area contributed by atoms with E-state index < -0.39 is 0 Å². The Balaban J connectivity index is 1.59. The predicted octanol–water partition coefficient (Wildman–Crippen LogP) is 4.16. The highest BCUT2D eigenvalue weighted by atomic mass is 32.2. The van der Waals surface area contributed by atoms with Crippen LogP contribution < -0.4 is 10.6 Å². The van der Waals surface area contributed by atoms with Gasteiger partial charge < -0.3 is 15.2 Å². The smallest absolute Gasteiger partial charge is 0.251 e. The summed E-state index contributed by atoms with van der Waals surface area (Å²) in [4.78, 5) is 24.9. The monoisotopic (exact) mass is 437 g/mol. The van der Waals surface area contributed by atoms with E-state index in [4.69, 9.17) is 0 Å². The van der Waals surface area contributed by atoms with Crippen molar-refractivity contribution in [3.05, 3.63) is 71.5 Å². The lowest BCUT2D eigenvalue weighted by Gasteiger charge is -2.14. The minimum absolute atomic E-state index is 0.104. The molecule has 3 rings (SSSR count). The van der Waals surface area contributed by atoms with E-state index in [2.05, 4.69) is 34.7 Å². The van der Waals surface area contributed by atoms with Crippen LogP contribution in [0.25, 0.3) is 0 Å². The van der Waals surface area contributed by atoms with Crippen LogP contribution in [0, 0.1) is 0 Å². The van der Waals surface area contributed by atoms with Crippen molar-refractivity contribution in [3.63, 3.8) is 0 Å². The lowest BCUT2D eigenvalue weighted by atomic mass is 10.0. The number of carbonyl (C=O) groups excluding carboxylic acids is 2. The number of anilines is 1. The molecule has 0 bridgehead atoms. The quantitative estimate of drug-likeness (QED) is 0.517. The van der Waals surface area contributed by atoms with Crippen molar-refractivity contribution in [2.24, 2.45) is 7.05 Å². The van der Waals surface area contributed by atoms with Gasteiger partial charge in [-0.15, -0.1) is 10.2 Å². The molecule has 0 radical (unpaired) electrons. The molecule has 0 aliphatic heterocycles. The number of rotatable bonds is 8. The number of para-hydroxylation sites is 1. The van der Waals surface area contributed by atoms with E-state index in [1.807, 2.05) is 56.4 Å². The Labute approximate surface area is 186 Å². The fraction of sp³-hybridized carbons (Fsp3) is 0.304. The summed E-state index contributed by atoms with van der Waals surface area (Å²) in [5, 5.41) is 14.9. The first-order valence-electron chi connectivity index (χ1n) is 10.1. The zero-order valence-corrected chi connectivity index (χ0v) is 18.9. The summed E-state index contributed by atoms with van der Waals surface area (Å²) in [5.41, 5.74) is 2.52. The molecular weight excluding hydrogens is 410 g/mol. The summed E-state index contributed by atoms with van der Waals surface area (Å²) in [6, 6.07) is 16.5. The molecule has 0 saturated carbocycles. The normalized spacial score (nSPS) is 11.9. The topological polar surface area (TPSA) is 88.9 Å². The predicted molar refractivity (Wildman–Crippen MR) is 123 cm³/mol. The first-order chi connectivity index (χ1) is 14.9. The summed E-state index contributed by atoms with van der Waals surface area (Å²) in [5.74, 6) is 0.875. The van der Waals surface area contributed by atoms with Gasteiger partial charge in [0.05, 0.1) is 11.8 Å². The van der Waals surface area contributed by atoms with Gasteiger partial charge in [0.15, 0.2) is 11.0 Å². The van der Waals surface area contributed by atoms with E-state index in [0.717, 1.165) is 11.3 Å². The number of nitrogens with zero attached hydrogens (tertiary/aromatic N) is 3. The van der Waals surface area contributed by atoms with Gasteiger partial charge in [-0.2, -0.15) is 0 Å². The highest BCUT2D eigenvalue weighted by Gasteiger charge is 2.19. The molecule has 7 nitrogen and oxygen atoms in total. The maximum absolute atomic E-state index is 12.5. The Morgan fingerprint density at radius 1 is 1.00 bits per heavy atom. The fourth-order valence-electron chi connectivity index (χ4n) is 3.19. The van der Waals surface area contributed by atoms with Gasteiger partial charge in [-0.3, -0.25) is 9.59 Å². The van der Waals surface area contributed by atoms with Crippen molar-refractivity contribution in [2.75, 3.05) is 11.1 Å². The number of aromatic nitrogens is 3. The van der Waals surface area contributed by atoms with Gasteiger partial charge >= 0.3 is 0 Å². The Bertz CT molecular complexity index is 1050. The Morgan fingerprint density at radius 2 is 1.68 bits per heavy atom. The van der Waals surface area contributed by atoms with Crippen LogP contribution in [0.15, 0.2) is 59.8 Å². The first-order valence-corrected chi connectivity index (χ1v) is 11.1. The molecule has 2 aromatic carbocycles. The molecule has 1 atom stereocenters. The molecule has 0 saturated heterocycles. The summed E-state index contributed by atoms with van der Waals surface area (Å²) < 4.78 is 1.80. The number of hydrogen-bond acceptors (Lipinski definition) is 5. The van der Waals surface area contributed by atoms with E-state index in [-0.39, 0.29) is 23.6 Å². The van der Waals surface area contributed by atoms with Crippen molar-refractivity contribution in [3.8, 4) is 0 Å². The van der Waals surface area contributed by atoms with Gasteiger partial charge in [-0.05, 0) is 36.6 Å². The number of hydrogen-bond donors (Lipinski definition) is 2. The van der Waals surface area contributed by atoms with Crippen LogP contribution in [-0.4, -0.2) is 32.3 Å². The molecule has 0 spiro atoms. The van der Waals surface area contributed by atoms with E-state index in [1.165, 1.54) is 11.8 Å². The van der Waals surface area contributed by atoms with Crippen molar-refractivity contribution in [2.45, 2.75) is 37.9 Å². The van der Waals surface area contributed by atoms with E-state index in [1.54, 1.807) is 16.7 Å². The van der Waals surface area contributed by atoms with Gasteiger partial charge in [-0.1, -0.05) is 62.0 Å². The van der Waals surface area contributed by atoms with Crippen LogP contribution in [0.4, 0.5) is 5.69 Å². The lowest BCUT2D eigenvalue weighted by molar-refractivity contribution is -0.113. The molecule has 0 unspecified atom stereocenters. The second-order valence-corrected chi connectivity index (χ2v) is 8.48. The zero-order valence-electron chi connectivity index (χ0n) is 18.1. The maximum atomic E-state index is 12.5. The molecule has 162 valence electrons. The molecule has 0 aliphatic carbocycles. The van der Waals surface area contributed by atoms with Crippen LogP contribution >= 0.6 is 11.8 Å². The number of nitrogens with one attached hydrogen (secondary N) is 2. The van der Waals surface area contributed by atoms with Crippen LogP contribution in [0.1, 0.15) is 54.5 Å². The summed E-state index contributed by atoms with van der Waals surface area (Å²) in [7, 11) is 1.83. The fourth-order valence-corrected chi connectivity index (χ4v) is 3.91. The van der Waals surface area contributed by atoms with Gasteiger partial charge in [0.2, 0.25) is 5.91 Å². The van der Waals surface area contributed by atoms with Crippen LogP contribution in [-0.2, 0) is 11.8 Å². The number of carbonyl (C=O) groups is 2. The summed E-state index contributed by atoms with van der Waals surface area (Å²) >= 11 is 1.31. The lowest BCUT2D eigenvalue weighted by Crippen LogP contribution is -2.28. The third-order valence-electron chi connectivity index (χ3n) is 4.83. The maximum Gasteiger partial charge on any atom is 0.251 e. The molecule has 1 heterocycles. The minimum atomic E-state index is -0.327. The second-order valence-electron chi connectivity index (χ2n) is 7.54. The molecule has 1 aromatic heterocycles. The molecule has 2 amide bonds. The van der Waals surface area contributed by atoms with Crippen molar-refractivity contribution >= 4 is 29.3 Å². The second kappa shape index (κ2) is 10.3. The van der Waals surface area contributed by atoms with Gasteiger partial charge in [0, 0.05) is 18.3 Å². The number of benzene rings is 2. The Kier molecular flexibility index (Phi) is 7.46. The van der Waals surface area contributed by atoms with Crippen molar-refractivity contribution in [1.29, 1.82) is 0 Å². The van der Waals surface area contributed by atoms with Crippen LogP contribution in [0.3, 0.4) is 0 Å². The third kappa shape index (κ3) is 5.73. The first kappa shape index (κ1) is 22.6. The van der Waals surface area contributed by atoms with Crippen LogP contribution in [0.2, 0.25) is 0 Å².